The molecule has 3 aromatic heterocycles. The number of furan rings is 1. The molecular formula is C22H17N3O4. The molecule has 2 N–H and O–H groups in total. The lowest BCUT2D eigenvalue weighted by molar-refractivity contribution is 0.0697. The lowest BCUT2D eigenvalue weighted by Crippen LogP contribution is -2.03. The zero-order valence-electron chi connectivity index (χ0n) is 15.8. The number of nitrogens with zero attached hydrogens (tertiary/aromatic N) is 2. The van der Waals surface area contributed by atoms with Crippen LogP contribution in [0.2, 0.25) is 0 Å². The largest absolute Gasteiger partial charge is 0.478 e. The summed E-state index contributed by atoms with van der Waals surface area (Å²) in [7, 11) is 0. The van der Waals surface area contributed by atoms with E-state index in [1.807, 2.05) is 10.9 Å². The van der Waals surface area contributed by atoms with Crippen molar-refractivity contribution in [2.45, 2.75) is 19.9 Å². The van der Waals surface area contributed by atoms with Crippen LogP contribution in [-0.2, 0) is 0 Å². The Balaban J connectivity index is 1.93. The van der Waals surface area contributed by atoms with Crippen molar-refractivity contribution in [3.05, 3.63) is 64.4 Å². The van der Waals surface area contributed by atoms with Crippen LogP contribution >= 0.6 is 0 Å². The van der Waals surface area contributed by atoms with E-state index < -0.39 is 5.97 Å². The number of hydrogen-bond acceptors (Lipinski definition) is 4. The molecule has 7 nitrogen and oxygen atoms in total. The van der Waals surface area contributed by atoms with Crippen molar-refractivity contribution in [2.75, 3.05) is 0 Å². The van der Waals surface area contributed by atoms with Crippen LogP contribution in [0.25, 0.3) is 44.2 Å². The highest BCUT2D eigenvalue weighted by molar-refractivity contribution is 6.14. The SMILES string of the molecule is CC(C)n1[nH]cc2c(-c3ccc(C(=O)O)cc3)c3oc4cc(=O)ccc4c3nc21. The molecule has 0 saturated carbocycles. The average molecular weight is 387 g/mol. The average Bonchev–Trinajstić information content (AvgIpc) is 3.27. The smallest absolute Gasteiger partial charge is 0.335 e. The number of nitrogens with one attached hydrogen (secondary N) is 1. The maximum absolute atomic E-state index is 11.8. The van der Waals surface area contributed by atoms with Crippen LogP contribution in [0.15, 0.2) is 57.9 Å². The second-order valence-electron chi connectivity index (χ2n) is 7.28. The number of aromatic amines is 1. The molecule has 0 unspecified atom stereocenters. The summed E-state index contributed by atoms with van der Waals surface area (Å²) in [5.74, 6) is -0.979. The molecule has 0 aliphatic heterocycles. The van der Waals surface area contributed by atoms with E-state index in [0.717, 1.165) is 27.5 Å². The van der Waals surface area contributed by atoms with E-state index in [4.69, 9.17) is 9.40 Å². The third-order valence-electron chi connectivity index (χ3n) is 5.10. The molecule has 29 heavy (non-hydrogen) atoms. The summed E-state index contributed by atoms with van der Waals surface area (Å²) < 4.78 is 8.04. The van der Waals surface area contributed by atoms with Gasteiger partial charge >= 0.3 is 5.97 Å². The van der Waals surface area contributed by atoms with Crippen molar-refractivity contribution >= 4 is 39.1 Å². The molecule has 0 bridgehead atoms. The van der Waals surface area contributed by atoms with Gasteiger partial charge in [0.2, 0.25) is 0 Å². The van der Waals surface area contributed by atoms with E-state index in [1.54, 1.807) is 30.3 Å². The summed E-state index contributed by atoms with van der Waals surface area (Å²) >= 11 is 0. The predicted molar refractivity (Wildman–Crippen MR) is 110 cm³/mol. The molecule has 2 aromatic carbocycles. The van der Waals surface area contributed by atoms with Gasteiger partial charge in [-0.25, -0.2) is 9.78 Å². The van der Waals surface area contributed by atoms with Crippen molar-refractivity contribution in [1.82, 2.24) is 14.8 Å². The summed E-state index contributed by atoms with van der Waals surface area (Å²) in [4.78, 5) is 27.9. The molecule has 7 heteroatoms. The van der Waals surface area contributed by atoms with Crippen LogP contribution in [-0.4, -0.2) is 25.8 Å². The summed E-state index contributed by atoms with van der Waals surface area (Å²) in [5.41, 5.74) is 4.17. The van der Waals surface area contributed by atoms with Crippen molar-refractivity contribution in [1.29, 1.82) is 0 Å². The number of carboxylic acids is 1. The van der Waals surface area contributed by atoms with Crippen LogP contribution in [0, 0.1) is 0 Å². The quantitative estimate of drug-likeness (QED) is 0.472. The molecule has 0 aliphatic rings. The fraction of sp³-hybridized carbons (Fsp3) is 0.136. The van der Waals surface area contributed by atoms with Crippen LogP contribution in [0.3, 0.4) is 0 Å². The standard InChI is InChI=1S/C22H17N3O4/c1-11(2)25-21-16(10-23-25)18(12-3-5-13(6-4-12)22(27)28)20-19(24-21)15-8-7-14(26)9-17(15)29-20/h3-11,23H,1-2H3,(H,27,28). The van der Waals surface area contributed by atoms with Crippen molar-refractivity contribution in [2.24, 2.45) is 0 Å². The first-order valence-electron chi connectivity index (χ1n) is 9.23. The lowest BCUT2D eigenvalue weighted by Gasteiger charge is -2.10. The number of fused-ring (bicyclic) bond motifs is 4. The minimum absolute atomic E-state index is 0.131. The highest BCUT2D eigenvalue weighted by Gasteiger charge is 2.21. The Bertz CT molecular complexity index is 1470. The molecule has 5 rings (SSSR count). The number of carbonyl (C=O) groups is 1. The summed E-state index contributed by atoms with van der Waals surface area (Å²) in [6, 6.07) is 11.5. The molecule has 0 aliphatic carbocycles. The summed E-state index contributed by atoms with van der Waals surface area (Å²) in [5, 5.41) is 14.1. The van der Waals surface area contributed by atoms with Crippen LogP contribution in [0.1, 0.15) is 30.2 Å². The third-order valence-corrected chi connectivity index (χ3v) is 5.10. The number of pyridine rings is 1. The molecule has 5 aromatic rings. The monoisotopic (exact) mass is 387 g/mol. The molecular weight excluding hydrogens is 370 g/mol. The van der Waals surface area contributed by atoms with Crippen molar-refractivity contribution < 1.29 is 14.3 Å². The molecule has 0 atom stereocenters. The second kappa shape index (κ2) is 6.07. The van der Waals surface area contributed by atoms with E-state index in [-0.39, 0.29) is 17.0 Å². The van der Waals surface area contributed by atoms with Gasteiger partial charge in [0.1, 0.15) is 11.1 Å². The number of hydrogen-bond donors (Lipinski definition) is 2. The van der Waals surface area contributed by atoms with E-state index >= 15 is 0 Å². The number of aromatic nitrogens is 3. The first-order chi connectivity index (χ1) is 13.9. The number of benzene rings is 2. The highest BCUT2D eigenvalue weighted by Crippen LogP contribution is 2.39. The first kappa shape index (κ1) is 17.2. The van der Waals surface area contributed by atoms with E-state index in [9.17, 15) is 14.7 Å². The lowest BCUT2D eigenvalue weighted by atomic mass is 10.0. The first-order valence-corrected chi connectivity index (χ1v) is 9.23. The Morgan fingerprint density at radius 2 is 1.90 bits per heavy atom. The Kier molecular flexibility index (Phi) is 3.61. The predicted octanol–water partition coefficient (Wildman–Crippen LogP) is 4.57. The van der Waals surface area contributed by atoms with E-state index in [0.29, 0.717) is 16.7 Å². The number of rotatable bonds is 3. The van der Waals surface area contributed by atoms with Crippen LogP contribution in [0.5, 0.6) is 0 Å². The van der Waals surface area contributed by atoms with Crippen molar-refractivity contribution in [3.8, 4) is 11.1 Å². The maximum Gasteiger partial charge on any atom is 0.335 e. The summed E-state index contributed by atoms with van der Waals surface area (Å²) in [6.07, 6.45) is 1.87. The highest BCUT2D eigenvalue weighted by atomic mass is 16.4. The van der Waals surface area contributed by atoms with Gasteiger partial charge in [0.25, 0.3) is 0 Å². The zero-order valence-corrected chi connectivity index (χ0v) is 15.8. The number of aromatic carboxylic acids is 1. The van der Waals surface area contributed by atoms with Gasteiger partial charge in [0, 0.05) is 34.6 Å². The Morgan fingerprint density at radius 1 is 1.14 bits per heavy atom. The number of H-pyrrole nitrogens is 1. The Hall–Kier alpha value is -3.87. The Morgan fingerprint density at radius 3 is 2.59 bits per heavy atom. The zero-order chi connectivity index (χ0) is 20.3. The molecule has 0 spiro atoms. The molecule has 0 saturated heterocycles. The van der Waals surface area contributed by atoms with Gasteiger partial charge in [-0.1, -0.05) is 12.1 Å². The van der Waals surface area contributed by atoms with Gasteiger partial charge in [-0.15, -0.1) is 0 Å². The second-order valence-corrected chi connectivity index (χ2v) is 7.28. The fourth-order valence-corrected chi connectivity index (χ4v) is 3.72. The fourth-order valence-electron chi connectivity index (χ4n) is 3.72. The molecule has 0 amide bonds. The minimum atomic E-state index is -0.979. The van der Waals surface area contributed by atoms with E-state index in [1.165, 1.54) is 12.1 Å². The third kappa shape index (κ3) is 2.55. The van der Waals surface area contributed by atoms with Gasteiger partial charge in [0.15, 0.2) is 16.7 Å². The topological polar surface area (TPSA) is 101 Å². The number of carboxylic acid groups (broad SMARTS) is 1. The molecule has 0 fully saturated rings. The van der Waals surface area contributed by atoms with Gasteiger partial charge in [-0.3, -0.25) is 9.48 Å². The molecule has 144 valence electrons. The minimum Gasteiger partial charge on any atom is -0.478 e. The van der Waals surface area contributed by atoms with Crippen LogP contribution < -0.4 is 5.43 Å². The van der Waals surface area contributed by atoms with Gasteiger partial charge in [0.05, 0.1) is 5.56 Å². The van der Waals surface area contributed by atoms with E-state index in [2.05, 4.69) is 18.9 Å². The molecule has 3 heterocycles. The summed E-state index contributed by atoms with van der Waals surface area (Å²) in [6.45, 7) is 4.11. The van der Waals surface area contributed by atoms with Crippen molar-refractivity contribution in [3.63, 3.8) is 0 Å². The maximum atomic E-state index is 11.8. The normalized spacial score (nSPS) is 11.8. The van der Waals surface area contributed by atoms with Crippen LogP contribution in [0.4, 0.5) is 0 Å². The Labute approximate surface area is 164 Å². The molecule has 0 radical (unpaired) electrons. The van der Waals surface area contributed by atoms with Gasteiger partial charge in [-0.2, -0.15) is 0 Å². The van der Waals surface area contributed by atoms with Gasteiger partial charge < -0.3 is 14.6 Å². The van der Waals surface area contributed by atoms with Gasteiger partial charge in [-0.05, 0) is 43.7 Å².